The van der Waals surface area contributed by atoms with Gasteiger partial charge in [0, 0.05) is 27.0 Å². The molecule has 0 saturated heterocycles. The van der Waals surface area contributed by atoms with Gasteiger partial charge in [-0.3, -0.25) is 9.52 Å². The number of thiophene rings is 2. The maximum atomic E-state index is 12.9. The predicted molar refractivity (Wildman–Crippen MR) is 125 cm³/mol. The maximum Gasteiger partial charge on any atom is 0.263 e. The van der Waals surface area contributed by atoms with Gasteiger partial charge < -0.3 is 5.32 Å². The Hall–Kier alpha value is -2.79. The van der Waals surface area contributed by atoms with Gasteiger partial charge >= 0.3 is 0 Å². The molecule has 0 aliphatic heterocycles. The van der Waals surface area contributed by atoms with Crippen LogP contribution in [0.4, 0.5) is 10.8 Å². The Labute approximate surface area is 185 Å². The molecule has 10 heteroatoms. The summed E-state index contributed by atoms with van der Waals surface area (Å²) in [5.41, 5.74) is 1.05. The molecule has 1 amide bonds. The number of anilines is 2. The van der Waals surface area contributed by atoms with Crippen molar-refractivity contribution in [3.8, 4) is 0 Å². The highest BCUT2D eigenvalue weighted by Crippen LogP contribution is 2.26. The number of benzene rings is 1. The van der Waals surface area contributed by atoms with E-state index in [-0.39, 0.29) is 10.8 Å². The number of nitrogens with one attached hydrogen (secondary N) is 2. The van der Waals surface area contributed by atoms with Gasteiger partial charge in [-0.05, 0) is 53.2 Å². The van der Waals surface area contributed by atoms with Gasteiger partial charge in [-0.2, -0.15) is 0 Å². The van der Waals surface area contributed by atoms with Gasteiger partial charge in [0.05, 0.1) is 10.5 Å². The SMILES string of the molecule is O=C(Nc1ccc(S(=O)(=O)Nc2nccs2)cc1)/C(=C/c1cccs1)c1cccs1. The molecule has 0 radical (unpaired) electrons. The average Bonchev–Trinajstić information content (AvgIpc) is 3.49. The van der Waals surface area contributed by atoms with E-state index in [1.807, 2.05) is 41.1 Å². The number of sulfonamides is 1. The van der Waals surface area contributed by atoms with Crippen LogP contribution in [0.1, 0.15) is 9.75 Å². The van der Waals surface area contributed by atoms with Crippen molar-refractivity contribution in [2.75, 3.05) is 10.0 Å². The quantitative estimate of drug-likeness (QED) is 0.359. The van der Waals surface area contributed by atoms with Crippen LogP contribution in [-0.2, 0) is 14.8 Å². The number of carbonyl (C=O) groups excluding carboxylic acids is 1. The first-order valence-corrected chi connectivity index (χ1v) is 12.8. The highest BCUT2D eigenvalue weighted by molar-refractivity contribution is 7.93. The molecule has 152 valence electrons. The van der Waals surface area contributed by atoms with Crippen LogP contribution in [-0.4, -0.2) is 19.3 Å². The van der Waals surface area contributed by atoms with Crippen molar-refractivity contribution in [3.05, 3.63) is 80.6 Å². The molecule has 0 bridgehead atoms. The Morgan fingerprint density at radius 3 is 2.33 bits per heavy atom. The van der Waals surface area contributed by atoms with E-state index in [1.165, 1.54) is 41.0 Å². The van der Waals surface area contributed by atoms with Crippen molar-refractivity contribution in [2.45, 2.75) is 4.90 Å². The van der Waals surface area contributed by atoms with Crippen LogP contribution >= 0.6 is 34.0 Å². The molecule has 2 N–H and O–H groups in total. The van der Waals surface area contributed by atoms with E-state index >= 15 is 0 Å². The lowest BCUT2D eigenvalue weighted by Gasteiger charge is -2.09. The van der Waals surface area contributed by atoms with Crippen molar-refractivity contribution < 1.29 is 13.2 Å². The van der Waals surface area contributed by atoms with E-state index < -0.39 is 10.0 Å². The summed E-state index contributed by atoms with van der Waals surface area (Å²) >= 11 is 4.23. The summed E-state index contributed by atoms with van der Waals surface area (Å²) in [6.45, 7) is 0. The number of amides is 1. The van der Waals surface area contributed by atoms with Crippen molar-refractivity contribution in [3.63, 3.8) is 0 Å². The Balaban J connectivity index is 1.52. The van der Waals surface area contributed by atoms with Crippen LogP contribution in [0.5, 0.6) is 0 Å². The van der Waals surface area contributed by atoms with E-state index in [1.54, 1.807) is 28.8 Å². The summed E-state index contributed by atoms with van der Waals surface area (Å²) in [7, 11) is -3.74. The Morgan fingerprint density at radius 1 is 0.933 bits per heavy atom. The molecule has 0 saturated carbocycles. The summed E-state index contributed by atoms with van der Waals surface area (Å²) in [5, 5.41) is 8.70. The molecule has 30 heavy (non-hydrogen) atoms. The van der Waals surface area contributed by atoms with Crippen molar-refractivity contribution in [1.82, 2.24) is 4.98 Å². The van der Waals surface area contributed by atoms with Gasteiger partial charge in [-0.15, -0.1) is 34.0 Å². The third-order valence-electron chi connectivity index (χ3n) is 3.94. The summed E-state index contributed by atoms with van der Waals surface area (Å²) in [6, 6.07) is 13.7. The lowest BCUT2D eigenvalue weighted by atomic mass is 10.1. The van der Waals surface area contributed by atoms with Gasteiger partial charge in [-0.1, -0.05) is 12.1 Å². The number of nitrogens with zero attached hydrogens (tertiary/aromatic N) is 1. The van der Waals surface area contributed by atoms with Gasteiger partial charge in [0.2, 0.25) is 0 Å². The van der Waals surface area contributed by atoms with E-state index in [4.69, 9.17) is 0 Å². The van der Waals surface area contributed by atoms with Gasteiger partial charge in [0.15, 0.2) is 5.13 Å². The number of thiazole rings is 1. The zero-order valence-electron chi connectivity index (χ0n) is 15.3. The number of carbonyl (C=O) groups is 1. The lowest BCUT2D eigenvalue weighted by Crippen LogP contribution is -2.14. The van der Waals surface area contributed by atoms with Gasteiger partial charge in [0.25, 0.3) is 15.9 Å². The zero-order valence-corrected chi connectivity index (χ0v) is 18.6. The summed E-state index contributed by atoms with van der Waals surface area (Å²) in [6.07, 6.45) is 3.37. The molecule has 0 fully saturated rings. The van der Waals surface area contributed by atoms with Crippen molar-refractivity contribution in [1.29, 1.82) is 0 Å². The van der Waals surface area contributed by atoms with Crippen LogP contribution < -0.4 is 10.0 Å². The van der Waals surface area contributed by atoms with Crippen LogP contribution in [0.15, 0.2) is 75.8 Å². The van der Waals surface area contributed by atoms with Crippen LogP contribution in [0.2, 0.25) is 0 Å². The minimum atomic E-state index is -3.74. The predicted octanol–water partition coefficient (Wildman–Crippen LogP) is 5.25. The molecule has 6 nitrogen and oxygen atoms in total. The summed E-state index contributed by atoms with van der Waals surface area (Å²) < 4.78 is 27.3. The standard InChI is InChI=1S/C20H15N3O3S4/c24-19(17(18-4-2-11-28-18)13-15-3-1-10-27-15)22-14-5-7-16(8-6-14)30(25,26)23-20-21-9-12-29-20/h1-13H,(H,21,23)(H,22,24)/b17-13+. The molecule has 0 aliphatic rings. The minimum absolute atomic E-state index is 0.0864. The maximum absolute atomic E-state index is 12.9. The van der Waals surface area contributed by atoms with Gasteiger partial charge in [0.1, 0.15) is 0 Å². The molecule has 0 spiro atoms. The minimum Gasteiger partial charge on any atom is -0.322 e. The third kappa shape index (κ3) is 4.85. The van der Waals surface area contributed by atoms with E-state index in [0.717, 1.165) is 9.75 Å². The fourth-order valence-electron chi connectivity index (χ4n) is 2.56. The second-order valence-corrected chi connectivity index (χ2v) is 10.5. The fraction of sp³-hybridized carbons (Fsp3) is 0. The number of aromatic nitrogens is 1. The Kier molecular flexibility index (Phi) is 6.09. The topological polar surface area (TPSA) is 88.2 Å². The van der Waals surface area contributed by atoms with Crippen LogP contribution in [0.25, 0.3) is 11.6 Å². The largest absolute Gasteiger partial charge is 0.322 e. The summed E-state index contributed by atoms with van der Waals surface area (Å²) in [4.78, 5) is 18.8. The van der Waals surface area contributed by atoms with E-state index in [0.29, 0.717) is 16.4 Å². The first-order valence-electron chi connectivity index (χ1n) is 8.64. The second kappa shape index (κ2) is 8.92. The molecule has 0 unspecified atom stereocenters. The smallest absolute Gasteiger partial charge is 0.263 e. The monoisotopic (exact) mass is 473 g/mol. The molecular weight excluding hydrogens is 459 g/mol. The lowest BCUT2D eigenvalue weighted by molar-refractivity contribution is -0.111. The molecule has 0 aliphatic carbocycles. The molecule has 3 heterocycles. The Bertz CT molecular complexity index is 1240. The van der Waals surface area contributed by atoms with E-state index in [9.17, 15) is 13.2 Å². The first-order chi connectivity index (χ1) is 14.5. The molecule has 4 rings (SSSR count). The first kappa shape index (κ1) is 20.5. The number of rotatable bonds is 7. The molecular formula is C20H15N3O3S4. The van der Waals surface area contributed by atoms with Gasteiger partial charge in [-0.25, -0.2) is 13.4 Å². The highest BCUT2D eigenvalue weighted by atomic mass is 32.2. The highest BCUT2D eigenvalue weighted by Gasteiger charge is 2.17. The average molecular weight is 474 g/mol. The normalized spacial score (nSPS) is 11.9. The number of hydrogen-bond acceptors (Lipinski definition) is 7. The van der Waals surface area contributed by atoms with Crippen molar-refractivity contribution in [2.24, 2.45) is 0 Å². The zero-order chi connectivity index (χ0) is 21.0. The van der Waals surface area contributed by atoms with Crippen LogP contribution in [0.3, 0.4) is 0 Å². The molecule has 4 aromatic rings. The van der Waals surface area contributed by atoms with E-state index in [2.05, 4.69) is 15.0 Å². The molecule has 0 atom stereocenters. The van der Waals surface area contributed by atoms with Crippen LogP contribution in [0, 0.1) is 0 Å². The fourth-order valence-corrected chi connectivity index (χ4v) is 5.75. The summed E-state index contributed by atoms with van der Waals surface area (Å²) in [5.74, 6) is -0.262. The second-order valence-electron chi connectivity index (χ2n) is 5.97. The third-order valence-corrected chi connectivity index (χ3v) is 7.83. The van der Waals surface area contributed by atoms with Crippen molar-refractivity contribution >= 4 is 72.4 Å². The Morgan fingerprint density at radius 2 is 1.70 bits per heavy atom. The molecule has 3 aromatic heterocycles. The molecule has 1 aromatic carbocycles. The number of hydrogen-bond donors (Lipinski definition) is 2.